The fourth-order valence-corrected chi connectivity index (χ4v) is 2.89. The topological polar surface area (TPSA) is 49.3 Å². The summed E-state index contributed by atoms with van der Waals surface area (Å²) in [5.74, 6) is 0.123. The van der Waals surface area contributed by atoms with Gasteiger partial charge in [0.1, 0.15) is 5.75 Å². The monoisotopic (exact) mass is 373 g/mol. The number of halogens is 1. The lowest BCUT2D eigenvalue weighted by Crippen LogP contribution is -2.12. The van der Waals surface area contributed by atoms with E-state index in [-0.39, 0.29) is 11.7 Å². The molecule has 2 N–H and O–H groups in total. The summed E-state index contributed by atoms with van der Waals surface area (Å²) in [6.45, 7) is 3.66. The molecule has 0 fully saturated rings. The second kappa shape index (κ2) is 5.27. The third-order valence-electron chi connectivity index (χ3n) is 2.62. The highest BCUT2D eigenvalue weighted by molar-refractivity contribution is 14.1. The zero-order valence-corrected chi connectivity index (χ0v) is 12.9. The predicted molar refractivity (Wildman–Crippen MR) is 82.6 cm³/mol. The van der Waals surface area contributed by atoms with Crippen LogP contribution in [0.15, 0.2) is 23.6 Å². The van der Waals surface area contributed by atoms with Crippen molar-refractivity contribution in [2.24, 2.45) is 0 Å². The van der Waals surface area contributed by atoms with Crippen molar-refractivity contribution in [2.45, 2.75) is 13.8 Å². The number of hydrogen-bond donors (Lipinski definition) is 2. The molecule has 0 spiro atoms. The lowest BCUT2D eigenvalue weighted by molar-refractivity contribution is 0.102. The Bertz CT molecular complexity index is 607. The van der Waals surface area contributed by atoms with Crippen molar-refractivity contribution in [3.63, 3.8) is 0 Å². The Labute approximate surface area is 123 Å². The Morgan fingerprint density at radius 3 is 2.61 bits per heavy atom. The molecule has 5 heteroatoms. The smallest absolute Gasteiger partial charge is 0.256 e. The van der Waals surface area contributed by atoms with Gasteiger partial charge in [-0.25, -0.2) is 0 Å². The molecular formula is C13H12INO2S. The summed E-state index contributed by atoms with van der Waals surface area (Å²) in [6, 6.07) is 5.28. The molecule has 0 aliphatic carbocycles. The molecule has 1 heterocycles. The van der Waals surface area contributed by atoms with E-state index in [1.165, 1.54) is 11.3 Å². The third-order valence-corrected chi connectivity index (χ3v) is 4.41. The van der Waals surface area contributed by atoms with Crippen LogP contribution in [0.2, 0.25) is 0 Å². The number of carbonyl (C=O) groups excluding carboxylic acids is 1. The minimum Gasteiger partial charge on any atom is -0.508 e. The number of aryl methyl sites for hydroxylation is 2. The Morgan fingerprint density at radius 1 is 1.28 bits per heavy atom. The highest BCUT2D eigenvalue weighted by atomic mass is 127. The number of thiophene rings is 1. The third kappa shape index (κ3) is 2.84. The summed E-state index contributed by atoms with van der Waals surface area (Å²) in [7, 11) is 0. The van der Waals surface area contributed by atoms with E-state index in [4.69, 9.17) is 0 Å². The number of nitrogens with one attached hydrogen (secondary N) is 1. The molecule has 2 rings (SSSR count). The van der Waals surface area contributed by atoms with Gasteiger partial charge < -0.3 is 10.4 Å². The molecule has 0 saturated carbocycles. The highest BCUT2D eigenvalue weighted by Crippen LogP contribution is 2.26. The number of amides is 1. The largest absolute Gasteiger partial charge is 0.508 e. The van der Waals surface area contributed by atoms with Crippen LogP contribution in [-0.4, -0.2) is 11.0 Å². The fraction of sp³-hybridized carbons (Fsp3) is 0.154. The second-order valence-corrected chi connectivity index (χ2v) is 6.85. The van der Waals surface area contributed by atoms with Crippen molar-refractivity contribution in [2.75, 3.05) is 5.32 Å². The molecule has 3 nitrogen and oxygen atoms in total. The van der Waals surface area contributed by atoms with E-state index >= 15 is 0 Å². The van der Waals surface area contributed by atoms with Gasteiger partial charge in [0.05, 0.1) is 8.45 Å². The lowest BCUT2D eigenvalue weighted by Gasteiger charge is -2.10. The quantitative estimate of drug-likeness (QED) is 0.619. The van der Waals surface area contributed by atoms with E-state index in [2.05, 4.69) is 27.9 Å². The normalized spacial score (nSPS) is 10.4. The molecule has 1 amide bonds. The van der Waals surface area contributed by atoms with Crippen LogP contribution in [-0.2, 0) is 0 Å². The molecule has 18 heavy (non-hydrogen) atoms. The average Bonchev–Trinajstić information content (AvgIpc) is 2.73. The Hall–Kier alpha value is -1.08. The molecule has 2 aromatic rings. The first-order chi connectivity index (χ1) is 8.47. The Morgan fingerprint density at radius 2 is 2.00 bits per heavy atom. The highest BCUT2D eigenvalue weighted by Gasteiger charge is 2.10. The SMILES string of the molecule is Cc1cc(NC(=O)c2csc(I)c2)c(C)cc1O. The molecule has 0 saturated heterocycles. The first-order valence-corrected chi connectivity index (χ1v) is 7.29. The minimum atomic E-state index is -0.123. The maximum absolute atomic E-state index is 12.0. The van der Waals surface area contributed by atoms with Crippen LogP contribution in [0.3, 0.4) is 0 Å². The van der Waals surface area contributed by atoms with Gasteiger partial charge >= 0.3 is 0 Å². The Balaban J connectivity index is 2.24. The van der Waals surface area contributed by atoms with Gasteiger partial charge in [-0.2, -0.15) is 0 Å². The van der Waals surface area contributed by atoms with E-state index in [1.54, 1.807) is 19.1 Å². The van der Waals surface area contributed by atoms with Crippen LogP contribution >= 0.6 is 33.9 Å². The van der Waals surface area contributed by atoms with Crippen molar-refractivity contribution in [3.8, 4) is 5.75 Å². The summed E-state index contributed by atoms with van der Waals surface area (Å²) in [6.07, 6.45) is 0. The van der Waals surface area contributed by atoms with Crippen LogP contribution in [0, 0.1) is 16.7 Å². The minimum absolute atomic E-state index is 0.123. The molecule has 0 aliphatic rings. The molecule has 0 unspecified atom stereocenters. The lowest BCUT2D eigenvalue weighted by atomic mass is 10.1. The second-order valence-electron chi connectivity index (χ2n) is 4.05. The van der Waals surface area contributed by atoms with Crippen molar-refractivity contribution >= 4 is 45.5 Å². The zero-order chi connectivity index (χ0) is 13.3. The van der Waals surface area contributed by atoms with Gasteiger partial charge in [0.2, 0.25) is 0 Å². The van der Waals surface area contributed by atoms with Gasteiger partial charge in [-0.1, -0.05) is 0 Å². The number of carbonyl (C=O) groups is 1. The van der Waals surface area contributed by atoms with Crippen LogP contribution in [0.1, 0.15) is 21.5 Å². The van der Waals surface area contributed by atoms with Crippen molar-refractivity contribution in [1.82, 2.24) is 0 Å². The van der Waals surface area contributed by atoms with Gasteiger partial charge in [0, 0.05) is 11.1 Å². The number of rotatable bonds is 2. The van der Waals surface area contributed by atoms with Gasteiger partial charge in [-0.05, 0) is 65.8 Å². The summed E-state index contributed by atoms with van der Waals surface area (Å²) in [4.78, 5) is 12.0. The van der Waals surface area contributed by atoms with Crippen LogP contribution in [0.25, 0.3) is 0 Å². The molecule has 0 radical (unpaired) electrons. The van der Waals surface area contributed by atoms with E-state index in [0.29, 0.717) is 5.56 Å². The summed E-state index contributed by atoms with van der Waals surface area (Å²) < 4.78 is 1.08. The molecule has 1 aromatic heterocycles. The van der Waals surface area contributed by atoms with E-state index < -0.39 is 0 Å². The molecule has 0 aliphatic heterocycles. The summed E-state index contributed by atoms with van der Waals surface area (Å²) >= 11 is 3.73. The molecule has 0 atom stereocenters. The maximum Gasteiger partial charge on any atom is 0.256 e. The van der Waals surface area contributed by atoms with Crippen molar-refractivity contribution in [3.05, 3.63) is 43.2 Å². The predicted octanol–water partition coefficient (Wildman–Crippen LogP) is 3.93. The number of phenolic OH excluding ortho intramolecular Hbond substituents is 1. The molecule has 94 valence electrons. The standard InChI is InChI=1S/C13H12INO2S/c1-7-4-11(16)8(2)3-10(7)15-13(17)9-5-12(14)18-6-9/h3-6,16H,1-2H3,(H,15,17). The van der Waals surface area contributed by atoms with Crippen molar-refractivity contribution < 1.29 is 9.90 Å². The van der Waals surface area contributed by atoms with E-state index in [1.807, 2.05) is 18.4 Å². The van der Waals surface area contributed by atoms with E-state index in [0.717, 1.165) is 19.7 Å². The number of aromatic hydroxyl groups is 1. The van der Waals surface area contributed by atoms with Gasteiger partial charge in [0.25, 0.3) is 5.91 Å². The van der Waals surface area contributed by atoms with Gasteiger partial charge in [-0.3, -0.25) is 4.79 Å². The number of hydrogen-bond acceptors (Lipinski definition) is 3. The number of phenols is 1. The van der Waals surface area contributed by atoms with Gasteiger partial charge in [0.15, 0.2) is 0 Å². The van der Waals surface area contributed by atoms with Gasteiger partial charge in [-0.15, -0.1) is 11.3 Å². The first kappa shape index (κ1) is 13.4. The Kier molecular flexibility index (Phi) is 3.91. The number of anilines is 1. The van der Waals surface area contributed by atoms with Crippen LogP contribution in [0.4, 0.5) is 5.69 Å². The number of benzene rings is 1. The van der Waals surface area contributed by atoms with E-state index in [9.17, 15) is 9.90 Å². The van der Waals surface area contributed by atoms with Crippen molar-refractivity contribution in [1.29, 1.82) is 0 Å². The fourth-order valence-electron chi connectivity index (χ4n) is 1.56. The van der Waals surface area contributed by atoms with Crippen LogP contribution < -0.4 is 5.32 Å². The molecule has 1 aromatic carbocycles. The molecular weight excluding hydrogens is 361 g/mol. The van der Waals surface area contributed by atoms with Crippen LogP contribution in [0.5, 0.6) is 5.75 Å². The first-order valence-electron chi connectivity index (χ1n) is 5.33. The molecule has 0 bridgehead atoms. The maximum atomic E-state index is 12.0. The zero-order valence-electron chi connectivity index (χ0n) is 9.95. The summed E-state index contributed by atoms with van der Waals surface area (Å²) in [5.41, 5.74) is 2.98. The average molecular weight is 373 g/mol. The summed E-state index contributed by atoms with van der Waals surface area (Å²) in [5, 5.41) is 14.3.